The van der Waals surface area contributed by atoms with E-state index in [0.29, 0.717) is 12.3 Å². The van der Waals surface area contributed by atoms with Crippen LogP contribution in [0.1, 0.15) is 36.8 Å². The Morgan fingerprint density at radius 2 is 2.00 bits per heavy atom. The van der Waals surface area contributed by atoms with Crippen LogP contribution in [0.5, 0.6) is 0 Å². The predicted molar refractivity (Wildman–Crippen MR) is 82.2 cm³/mol. The van der Waals surface area contributed by atoms with E-state index in [1.54, 1.807) is 6.26 Å². The van der Waals surface area contributed by atoms with Gasteiger partial charge in [-0.3, -0.25) is 4.21 Å². The molecule has 1 saturated carbocycles. The van der Waals surface area contributed by atoms with Crippen LogP contribution in [0.2, 0.25) is 0 Å². The minimum atomic E-state index is -0.896. The zero-order valence-corrected chi connectivity index (χ0v) is 12.8. The van der Waals surface area contributed by atoms with Crippen molar-refractivity contribution in [3.8, 4) is 0 Å². The summed E-state index contributed by atoms with van der Waals surface area (Å²) in [7, 11) is -0.896. The van der Waals surface area contributed by atoms with Crippen LogP contribution in [0.15, 0.2) is 24.3 Å². The van der Waals surface area contributed by atoms with Gasteiger partial charge in [-0.1, -0.05) is 24.3 Å². The maximum absolute atomic E-state index is 11.7. The van der Waals surface area contributed by atoms with Crippen LogP contribution in [-0.2, 0) is 17.3 Å². The topological polar surface area (TPSA) is 58.2 Å². The van der Waals surface area contributed by atoms with Gasteiger partial charge in [0, 0.05) is 35.4 Å². The SMILES string of the molecule is C[C@@H](C[S@@](C)=O)NC(=O)NCc1ccc(C2CC2)cc1. The molecule has 2 N–H and O–H groups in total. The molecule has 1 aliphatic carbocycles. The molecule has 0 radical (unpaired) electrons. The first kappa shape index (κ1) is 15.0. The van der Waals surface area contributed by atoms with Crippen molar-refractivity contribution in [3.05, 3.63) is 35.4 Å². The predicted octanol–water partition coefficient (Wildman–Crippen LogP) is 2.13. The molecule has 1 fully saturated rings. The fourth-order valence-corrected chi connectivity index (χ4v) is 2.96. The van der Waals surface area contributed by atoms with Crippen LogP contribution in [0.25, 0.3) is 0 Å². The largest absolute Gasteiger partial charge is 0.335 e. The molecular formula is C15H22N2O2S. The Morgan fingerprint density at radius 1 is 1.35 bits per heavy atom. The zero-order chi connectivity index (χ0) is 14.5. The van der Waals surface area contributed by atoms with Gasteiger partial charge in [0.15, 0.2) is 0 Å². The van der Waals surface area contributed by atoms with Crippen molar-refractivity contribution in [2.75, 3.05) is 12.0 Å². The number of hydrogen-bond donors (Lipinski definition) is 2. The minimum absolute atomic E-state index is 0.0851. The Bertz CT molecular complexity index is 483. The van der Waals surface area contributed by atoms with E-state index in [4.69, 9.17) is 0 Å². The fraction of sp³-hybridized carbons (Fsp3) is 0.533. The Labute approximate surface area is 122 Å². The first-order chi connectivity index (χ1) is 9.54. The lowest BCUT2D eigenvalue weighted by Gasteiger charge is -2.13. The van der Waals surface area contributed by atoms with Crippen molar-refractivity contribution < 1.29 is 9.00 Å². The van der Waals surface area contributed by atoms with Gasteiger partial charge in [0.1, 0.15) is 0 Å². The van der Waals surface area contributed by atoms with Gasteiger partial charge in [-0.25, -0.2) is 4.79 Å². The highest BCUT2D eigenvalue weighted by atomic mass is 32.2. The molecule has 4 nitrogen and oxygen atoms in total. The summed E-state index contributed by atoms with van der Waals surface area (Å²) in [5, 5.41) is 5.60. The van der Waals surface area contributed by atoms with Crippen molar-refractivity contribution >= 4 is 16.8 Å². The molecule has 2 amide bonds. The summed E-state index contributed by atoms with van der Waals surface area (Å²) in [5.41, 5.74) is 2.49. The molecule has 1 aromatic rings. The lowest BCUT2D eigenvalue weighted by atomic mass is 10.1. The standard InChI is InChI=1S/C15H22N2O2S/c1-11(10-20(2)19)17-15(18)16-9-12-3-5-13(6-4-12)14-7-8-14/h3-6,11,14H,7-10H2,1-2H3,(H2,16,17,18)/t11-,20+/m0/s1. The molecule has 1 aromatic carbocycles. The van der Waals surface area contributed by atoms with Gasteiger partial charge >= 0.3 is 6.03 Å². The van der Waals surface area contributed by atoms with Gasteiger partial charge in [-0.15, -0.1) is 0 Å². The molecule has 0 bridgehead atoms. The Hall–Kier alpha value is -1.36. The summed E-state index contributed by atoms with van der Waals surface area (Å²) in [4.78, 5) is 11.7. The van der Waals surface area contributed by atoms with Crippen LogP contribution < -0.4 is 10.6 Å². The second kappa shape index (κ2) is 6.88. The third-order valence-corrected chi connectivity index (χ3v) is 4.31. The highest BCUT2D eigenvalue weighted by molar-refractivity contribution is 7.84. The van der Waals surface area contributed by atoms with E-state index >= 15 is 0 Å². The second-order valence-electron chi connectivity index (χ2n) is 5.48. The highest BCUT2D eigenvalue weighted by Crippen LogP contribution is 2.39. The average Bonchev–Trinajstić information content (AvgIpc) is 3.20. The Morgan fingerprint density at radius 3 is 2.55 bits per heavy atom. The summed E-state index contributed by atoms with van der Waals surface area (Å²) in [5.74, 6) is 1.24. The maximum atomic E-state index is 11.7. The van der Waals surface area contributed by atoms with E-state index in [-0.39, 0.29) is 12.1 Å². The number of benzene rings is 1. The molecule has 0 aromatic heterocycles. The normalized spacial score (nSPS) is 17.3. The van der Waals surface area contributed by atoms with Crippen LogP contribution in [0.3, 0.4) is 0 Å². The monoisotopic (exact) mass is 294 g/mol. The highest BCUT2D eigenvalue weighted by Gasteiger charge is 2.22. The van der Waals surface area contributed by atoms with E-state index in [1.807, 2.05) is 6.92 Å². The lowest BCUT2D eigenvalue weighted by Crippen LogP contribution is -2.42. The third kappa shape index (κ3) is 4.96. The molecule has 110 valence electrons. The summed E-state index contributed by atoms with van der Waals surface area (Å²) < 4.78 is 11.0. The number of hydrogen-bond acceptors (Lipinski definition) is 2. The second-order valence-corrected chi connectivity index (χ2v) is 6.96. The molecule has 0 aliphatic heterocycles. The number of nitrogens with one attached hydrogen (secondary N) is 2. The molecule has 0 saturated heterocycles. The van der Waals surface area contributed by atoms with E-state index < -0.39 is 10.8 Å². The van der Waals surface area contributed by atoms with Gasteiger partial charge in [0.05, 0.1) is 0 Å². The quantitative estimate of drug-likeness (QED) is 0.844. The van der Waals surface area contributed by atoms with Crippen molar-refractivity contribution in [1.29, 1.82) is 0 Å². The summed E-state index contributed by atoms with van der Waals surface area (Å²) in [6, 6.07) is 8.13. The molecule has 5 heteroatoms. The van der Waals surface area contributed by atoms with Gasteiger partial charge in [-0.2, -0.15) is 0 Å². The third-order valence-electron chi connectivity index (χ3n) is 3.34. The number of carbonyl (C=O) groups excluding carboxylic acids is 1. The zero-order valence-electron chi connectivity index (χ0n) is 12.0. The van der Waals surface area contributed by atoms with Crippen molar-refractivity contribution in [2.45, 2.75) is 38.3 Å². The molecule has 2 rings (SSSR count). The minimum Gasteiger partial charge on any atom is -0.335 e. The van der Waals surface area contributed by atoms with Crippen molar-refractivity contribution in [1.82, 2.24) is 10.6 Å². The Kier molecular flexibility index (Phi) is 5.17. The number of amides is 2. The molecule has 0 heterocycles. The van der Waals surface area contributed by atoms with E-state index in [9.17, 15) is 9.00 Å². The Balaban J connectivity index is 1.73. The fourth-order valence-electron chi connectivity index (χ4n) is 2.18. The van der Waals surface area contributed by atoms with Crippen molar-refractivity contribution in [3.63, 3.8) is 0 Å². The van der Waals surface area contributed by atoms with E-state index in [2.05, 4.69) is 34.9 Å². The van der Waals surface area contributed by atoms with Gasteiger partial charge in [0.2, 0.25) is 0 Å². The smallest absolute Gasteiger partial charge is 0.315 e. The van der Waals surface area contributed by atoms with Crippen LogP contribution in [-0.4, -0.2) is 28.3 Å². The first-order valence-corrected chi connectivity index (χ1v) is 8.70. The van der Waals surface area contributed by atoms with Gasteiger partial charge in [0.25, 0.3) is 0 Å². The van der Waals surface area contributed by atoms with E-state index in [1.165, 1.54) is 18.4 Å². The van der Waals surface area contributed by atoms with Crippen LogP contribution in [0, 0.1) is 0 Å². The molecule has 1 aliphatic rings. The maximum Gasteiger partial charge on any atom is 0.315 e. The average molecular weight is 294 g/mol. The summed E-state index contributed by atoms with van der Waals surface area (Å²) in [6.07, 6.45) is 4.24. The molecule has 0 unspecified atom stereocenters. The van der Waals surface area contributed by atoms with Gasteiger partial charge in [-0.05, 0) is 36.8 Å². The molecular weight excluding hydrogens is 272 g/mol. The number of urea groups is 1. The van der Waals surface area contributed by atoms with E-state index in [0.717, 1.165) is 11.5 Å². The first-order valence-electron chi connectivity index (χ1n) is 6.98. The van der Waals surface area contributed by atoms with Crippen LogP contribution >= 0.6 is 0 Å². The molecule has 2 atom stereocenters. The summed E-state index contributed by atoms with van der Waals surface area (Å²) in [6.45, 7) is 2.37. The molecule has 20 heavy (non-hydrogen) atoms. The number of rotatable bonds is 6. The van der Waals surface area contributed by atoms with Crippen LogP contribution in [0.4, 0.5) is 4.79 Å². The van der Waals surface area contributed by atoms with Gasteiger partial charge < -0.3 is 10.6 Å². The van der Waals surface area contributed by atoms with Crippen molar-refractivity contribution in [2.24, 2.45) is 0 Å². The molecule has 0 spiro atoms. The number of carbonyl (C=O) groups is 1. The lowest BCUT2D eigenvalue weighted by molar-refractivity contribution is 0.238. The summed E-state index contributed by atoms with van der Waals surface area (Å²) >= 11 is 0.